The molecule has 4 rings (SSSR count). The molecule has 2 heterocycles. The number of hydrogen-bond donors (Lipinski definition) is 0. The van der Waals surface area contributed by atoms with E-state index in [1.807, 2.05) is 11.0 Å². The summed E-state index contributed by atoms with van der Waals surface area (Å²) in [5.41, 5.74) is 4.07. The third kappa shape index (κ3) is 4.07. The average Bonchev–Trinajstić information content (AvgIpc) is 3.48. The second-order valence-corrected chi connectivity index (χ2v) is 7.82. The van der Waals surface area contributed by atoms with Gasteiger partial charge in [-0.15, -0.1) is 0 Å². The largest absolute Gasteiger partial charge is 0.378 e. The number of hydrogen-bond acceptors (Lipinski definition) is 5. The molecule has 6 heteroatoms. The Bertz CT molecular complexity index is 822. The first-order valence-corrected chi connectivity index (χ1v) is 10.3. The Balaban J connectivity index is 1.70. The molecule has 1 saturated heterocycles. The number of aromatic nitrogens is 1. The van der Waals surface area contributed by atoms with E-state index in [1.54, 1.807) is 0 Å². The summed E-state index contributed by atoms with van der Waals surface area (Å²) in [4.78, 5) is 17.0. The molecule has 0 unspecified atom stereocenters. The van der Waals surface area contributed by atoms with Crippen LogP contribution in [0.4, 0.5) is 5.88 Å². The van der Waals surface area contributed by atoms with E-state index in [0.29, 0.717) is 19.8 Å². The fourth-order valence-electron chi connectivity index (χ4n) is 3.79. The highest BCUT2D eigenvalue weighted by Gasteiger charge is 2.35. The Labute approximate surface area is 166 Å². The predicted octanol–water partition coefficient (Wildman–Crippen LogP) is 3.64. The molecule has 1 aromatic heterocycles. The Morgan fingerprint density at radius 3 is 2.75 bits per heavy atom. The first kappa shape index (κ1) is 19.0. The summed E-state index contributed by atoms with van der Waals surface area (Å²) in [5.74, 6) is 1.26. The van der Waals surface area contributed by atoms with E-state index in [-0.39, 0.29) is 11.8 Å². The maximum atomic E-state index is 12.9. The van der Waals surface area contributed by atoms with Crippen LogP contribution in [0, 0.1) is 12.8 Å². The van der Waals surface area contributed by atoms with Gasteiger partial charge in [-0.25, -0.2) is 0 Å². The fourth-order valence-corrected chi connectivity index (χ4v) is 3.79. The molecule has 2 aliphatic rings. The van der Waals surface area contributed by atoms with Crippen molar-refractivity contribution >= 4 is 11.8 Å². The predicted molar refractivity (Wildman–Crippen MR) is 108 cm³/mol. The molecule has 1 saturated carbocycles. The van der Waals surface area contributed by atoms with Crippen LogP contribution in [-0.2, 0) is 16.1 Å². The molecule has 6 nitrogen and oxygen atoms in total. The number of nitrogens with zero attached hydrogens (tertiary/aromatic N) is 3. The molecule has 2 fully saturated rings. The first-order valence-electron chi connectivity index (χ1n) is 10.3. The van der Waals surface area contributed by atoms with Gasteiger partial charge in [0.25, 0.3) is 0 Å². The van der Waals surface area contributed by atoms with Crippen molar-refractivity contribution in [3.8, 4) is 11.3 Å². The molecular weight excluding hydrogens is 354 g/mol. The number of anilines is 1. The van der Waals surface area contributed by atoms with Crippen LogP contribution < -0.4 is 4.90 Å². The molecule has 0 bridgehead atoms. The van der Waals surface area contributed by atoms with Crippen molar-refractivity contribution in [2.75, 3.05) is 37.7 Å². The summed E-state index contributed by atoms with van der Waals surface area (Å²) in [7, 11) is 0. The van der Waals surface area contributed by atoms with Crippen LogP contribution in [0.5, 0.6) is 0 Å². The van der Waals surface area contributed by atoms with Crippen LogP contribution in [0.3, 0.4) is 0 Å². The molecule has 0 spiro atoms. The lowest BCUT2D eigenvalue weighted by Crippen LogP contribution is -2.37. The van der Waals surface area contributed by atoms with E-state index < -0.39 is 0 Å². The minimum atomic E-state index is 0.209. The van der Waals surface area contributed by atoms with Crippen molar-refractivity contribution in [2.45, 2.75) is 39.7 Å². The summed E-state index contributed by atoms with van der Waals surface area (Å²) < 4.78 is 11.3. The second kappa shape index (κ2) is 8.35. The number of ether oxygens (including phenoxy) is 1. The van der Waals surface area contributed by atoms with Gasteiger partial charge in [0.15, 0.2) is 0 Å². The van der Waals surface area contributed by atoms with Gasteiger partial charge < -0.3 is 19.1 Å². The van der Waals surface area contributed by atoms with Crippen LogP contribution >= 0.6 is 0 Å². The van der Waals surface area contributed by atoms with Gasteiger partial charge in [0.2, 0.25) is 11.8 Å². The van der Waals surface area contributed by atoms with E-state index in [9.17, 15) is 4.79 Å². The topological polar surface area (TPSA) is 58.8 Å². The number of aryl methyl sites for hydroxylation is 1. The quantitative estimate of drug-likeness (QED) is 0.731. The Kier molecular flexibility index (Phi) is 5.67. The van der Waals surface area contributed by atoms with Crippen molar-refractivity contribution < 1.29 is 14.1 Å². The van der Waals surface area contributed by atoms with E-state index in [4.69, 9.17) is 9.26 Å². The van der Waals surface area contributed by atoms with Gasteiger partial charge in [-0.05, 0) is 32.3 Å². The summed E-state index contributed by atoms with van der Waals surface area (Å²) in [6.07, 6.45) is 2.98. The molecule has 0 N–H and O–H groups in total. The highest BCUT2D eigenvalue weighted by molar-refractivity contribution is 5.81. The van der Waals surface area contributed by atoms with E-state index in [0.717, 1.165) is 61.6 Å². The summed E-state index contributed by atoms with van der Waals surface area (Å²) in [5, 5.41) is 4.44. The van der Waals surface area contributed by atoms with Crippen LogP contribution in [0.15, 0.2) is 28.8 Å². The van der Waals surface area contributed by atoms with Gasteiger partial charge in [0.05, 0.1) is 25.3 Å². The van der Waals surface area contributed by atoms with Crippen LogP contribution in [0.2, 0.25) is 0 Å². The number of benzene rings is 1. The maximum absolute atomic E-state index is 12.9. The van der Waals surface area contributed by atoms with Gasteiger partial charge in [0, 0.05) is 31.1 Å². The van der Waals surface area contributed by atoms with Gasteiger partial charge in [-0.1, -0.05) is 35.8 Å². The monoisotopic (exact) mass is 383 g/mol. The molecule has 150 valence electrons. The minimum absolute atomic E-state index is 0.209. The van der Waals surface area contributed by atoms with E-state index in [1.165, 1.54) is 5.56 Å². The summed E-state index contributed by atoms with van der Waals surface area (Å²) >= 11 is 0. The van der Waals surface area contributed by atoms with E-state index in [2.05, 4.69) is 42.1 Å². The number of amides is 1. The van der Waals surface area contributed by atoms with Crippen LogP contribution in [0.25, 0.3) is 11.3 Å². The zero-order valence-electron chi connectivity index (χ0n) is 16.8. The van der Waals surface area contributed by atoms with Gasteiger partial charge in [-0.3, -0.25) is 4.79 Å². The lowest BCUT2D eigenvalue weighted by molar-refractivity contribution is -0.133. The maximum Gasteiger partial charge on any atom is 0.233 e. The molecule has 2 aromatic rings. The lowest BCUT2D eigenvalue weighted by atomic mass is 10.0. The molecule has 0 radical (unpaired) electrons. The zero-order chi connectivity index (χ0) is 19.5. The lowest BCUT2D eigenvalue weighted by Gasteiger charge is -2.28. The molecule has 1 aromatic carbocycles. The third-order valence-corrected chi connectivity index (χ3v) is 5.44. The van der Waals surface area contributed by atoms with Crippen molar-refractivity contribution in [1.29, 1.82) is 0 Å². The summed E-state index contributed by atoms with van der Waals surface area (Å²) in [6.45, 7) is 8.41. The molecule has 0 atom stereocenters. The highest BCUT2D eigenvalue weighted by Crippen LogP contribution is 2.36. The number of carbonyl (C=O) groups excluding carboxylic acids is 1. The molecular formula is C22H29N3O3. The molecule has 1 aliphatic heterocycles. The van der Waals surface area contributed by atoms with Gasteiger partial charge >= 0.3 is 0 Å². The highest BCUT2D eigenvalue weighted by atomic mass is 16.5. The normalized spacial score (nSPS) is 17.0. The first-order chi connectivity index (χ1) is 13.7. The molecule has 28 heavy (non-hydrogen) atoms. The number of rotatable bonds is 7. The number of morpholine rings is 1. The molecule has 1 amide bonds. The van der Waals surface area contributed by atoms with Crippen LogP contribution in [0.1, 0.15) is 37.3 Å². The Hall–Kier alpha value is -2.34. The van der Waals surface area contributed by atoms with E-state index >= 15 is 0 Å². The van der Waals surface area contributed by atoms with Crippen molar-refractivity contribution in [2.24, 2.45) is 5.92 Å². The Morgan fingerprint density at radius 2 is 2.07 bits per heavy atom. The fraction of sp³-hybridized carbons (Fsp3) is 0.545. The third-order valence-electron chi connectivity index (χ3n) is 5.44. The Morgan fingerprint density at radius 1 is 1.29 bits per heavy atom. The minimum Gasteiger partial charge on any atom is -0.378 e. The van der Waals surface area contributed by atoms with Crippen molar-refractivity contribution in [3.05, 3.63) is 35.4 Å². The van der Waals surface area contributed by atoms with Crippen LogP contribution in [-0.4, -0.2) is 48.8 Å². The van der Waals surface area contributed by atoms with Gasteiger partial charge in [0.1, 0.15) is 5.69 Å². The van der Waals surface area contributed by atoms with Crippen molar-refractivity contribution in [3.63, 3.8) is 0 Å². The zero-order valence-corrected chi connectivity index (χ0v) is 16.8. The molecule has 1 aliphatic carbocycles. The standard InChI is InChI=1S/C22H29N3O3/c1-3-9-25(21(26)17-7-8-17)15-19-20(18-6-4-5-16(2)14-18)23-28-22(19)24-10-12-27-13-11-24/h4-6,14,17H,3,7-13,15H2,1-2H3. The average molecular weight is 383 g/mol. The second-order valence-electron chi connectivity index (χ2n) is 7.82. The SMILES string of the molecule is CCCN(Cc1c(-c2cccc(C)c2)noc1N1CCOCC1)C(=O)C1CC1. The van der Waals surface area contributed by atoms with Crippen molar-refractivity contribution in [1.82, 2.24) is 10.1 Å². The van der Waals surface area contributed by atoms with Gasteiger partial charge in [-0.2, -0.15) is 0 Å². The number of carbonyl (C=O) groups is 1. The summed E-state index contributed by atoms with van der Waals surface area (Å²) in [6, 6.07) is 8.30. The smallest absolute Gasteiger partial charge is 0.233 e.